The van der Waals surface area contributed by atoms with E-state index >= 15 is 0 Å². The Labute approximate surface area is 287 Å². The summed E-state index contributed by atoms with van der Waals surface area (Å²) in [6, 6.07) is 11.9. The van der Waals surface area contributed by atoms with E-state index in [2.05, 4.69) is 53.1 Å². The molecule has 8 rings (SSSR count). The first-order valence-electron chi connectivity index (χ1n) is 18.1. The number of piperazine rings is 1. The Morgan fingerprint density at radius 2 is 1.78 bits per heavy atom. The van der Waals surface area contributed by atoms with Gasteiger partial charge in [0.15, 0.2) is 11.7 Å². The lowest BCUT2D eigenvalue weighted by atomic mass is 9.45. The van der Waals surface area contributed by atoms with Crippen molar-refractivity contribution in [3.8, 4) is 0 Å². The van der Waals surface area contributed by atoms with Crippen molar-refractivity contribution in [2.24, 2.45) is 34.1 Å². The topological polar surface area (TPSA) is 115 Å². The van der Waals surface area contributed by atoms with E-state index in [4.69, 9.17) is 4.99 Å². The van der Waals surface area contributed by atoms with E-state index < -0.39 is 5.69 Å². The maximum Gasteiger partial charge on any atom is 0.328 e. The smallest absolute Gasteiger partial charge is 0.328 e. The first-order chi connectivity index (χ1) is 23.5. The summed E-state index contributed by atoms with van der Waals surface area (Å²) in [5, 5.41) is 7.59. The number of anilines is 1. The minimum absolute atomic E-state index is 0.0422. The normalized spacial score (nSPS) is 27.6. The fraction of sp³-hybridized carbons (Fsp3) is 0.579. The number of likely N-dealkylation sites (tertiary alicyclic amines) is 1. The van der Waals surface area contributed by atoms with Gasteiger partial charge in [-0.3, -0.25) is 14.2 Å². The maximum absolute atomic E-state index is 13.5. The summed E-state index contributed by atoms with van der Waals surface area (Å²) in [5.74, 6) is 2.36. The molecule has 3 aliphatic carbocycles. The van der Waals surface area contributed by atoms with Crippen LogP contribution in [0.5, 0.6) is 0 Å². The second kappa shape index (κ2) is 13.5. The first-order valence-corrected chi connectivity index (χ1v) is 18.1. The third kappa shape index (κ3) is 6.71. The van der Waals surface area contributed by atoms with Gasteiger partial charge >= 0.3 is 5.69 Å². The average Bonchev–Trinajstić information content (AvgIpc) is 3.08. The highest BCUT2D eigenvalue weighted by Crippen LogP contribution is 2.61. The molecule has 0 unspecified atom stereocenters. The number of aliphatic imine (C=N–C) groups is 1. The number of nitrogens with zero attached hydrogens (tertiary/aromatic N) is 4. The SMILES string of the molecule is C[C@@H]1[C@@H](N=C(Nc2ccc3c(=O)n(CCN4CCC(C(=O)c5ccc(F)cc5)CC4)c(=O)[nH]c3c2)N2CCN[C@@H](C)C2)C[C@@H]2C[C@H]1C2(C)C. The Morgan fingerprint density at radius 3 is 2.47 bits per heavy atom. The molecule has 5 aliphatic rings. The van der Waals surface area contributed by atoms with Gasteiger partial charge in [0, 0.05) is 55.9 Å². The van der Waals surface area contributed by atoms with Gasteiger partial charge in [0.1, 0.15) is 5.82 Å². The average molecular weight is 672 g/mol. The van der Waals surface area contributed by atoms with Gasteiger partial charge in [-0.2, -0.15) is 0 Å². The van der Waals surface area contributed by atoms with Crippen LogP contribution in [-0.2, 0) is 6.54 Å². The summed E-state index contributed by atoms with van der Waals surface area (Å²) < 4.78 is 14.6. The number of hydrogen-bond acceptors (Lipinski definition) is 6. The molecule has 49 heavy (non-hydrogen) atoms. The van der Waals surface area contributed by atoms with Gasteiger partial charge in [-0.1, -0.05) is 20.8 Å². The minimum atomic E-state index is -0.432. The molecule has 3 N–H and O–H groups in total. The number of Topliss-reactive ketones (excluding diaryl/α,β-unsaturated/α-hetero) is 1. The van der Waals surface area contributed by atoms with Crippen LogP contribution in [0.3, 0.4) is 0 Å². The van der Waals surface area contributed by atoms with Gasteiger partial charge in [0.25, 0.3) is 5.56 Å². The molecule has 10 nitrogen and oxygen atoms in total. The highest BCUT2D eigenvalue weighted by Gasteiger charge is 2.56. The molecule has 2 saturated heterocycles. The number of rotatable bonds is 7. The molecule has 2 bridgehead atoms. The molecule has 2 aromatic carbocycles. The molecule has 3 saturated carbocycles. The fourth-order valence-electron chi connectivity index (χ4n) is 8.94. The zero-order chi connectivity index (χ0) is 34.4. The molecule has 5 fully saturated rings. The summed E-state index contributed by atoms with van der Waals surface area (Å²) in [4.78, 5) is 52.5. The van der Waals surface area contributed by atoms with E-state index in [9.17, 15) is 18.8 Å². The molecule has 262 valence electrons. The van der Waals surface area contributed by atoms with Crippen molar-refractivity contribution in [1.82, 2.24) is 24.7 Å². The molecular formula is C38H50FN7O3. The number of guanidine groups is 1. The van der Waals surface area contributed by atoms with Crippen LogP contribution in [0.2, 0.25) is 0 Å². The highest BCUT2D eigenvalue weighted by atomic mass is 19.1. The zero-order valence-corrected chi connectivity index (χ0v) is 29.2. The molecule has 3 aromatic rings. The van der Waals surface area contributed by atoms with E-state index in [0.717, 1.165) is 37.7 Å². The van der Waals surface area contributed by atoms with Crippen LogP contribution >= 0.6 is 0 Å². The van der Waals surface area contributed by atoms with Crippen LogP contribution < -0.4 is 21.9 Å². The van der Waals surface area contributed by atoms with Crippen molar-refractivity contribution in [3.05, 3.63) is 74.7 Å². The number of carbonyl (C=O) groups excluding carboxylic acids is 1. The zero-order valence-electron chi connectivity index (χ0n) is 29.2. The number of ketones is 1. The maximum atomic E-state index is 13.5. The number of fused-ring (bicyclic) bond motifs is 3. The van der Waals surface area contributed by atoms with Crippen LogP contribution in [0.25, 0.3) is 10.9 Å². The Bertz CT molecular complexity index is 1840. The molecule has 0 radical (unpaired) electrons. The van der Waals surface area contributed by atoms with Crippen molar-refractivity contribution < 1.29 is 9.18 Å². The van der Waals surface area contributed by atoms with E-state index in [1.54, 1.807) is 18.2 Å². The quantitative estimate of drug-likeness (QED) is 0.192. The van der Waals surface area contributed by atoms with Gasteiger partial charge in [0.05, 0.1) is 16.9 Å². The van der Waals surface area contributed by atoms with E-state index in [-0.39, 0.29) is 35.7 Å². The van der Waals surface area contributed by atoms with Crippen LogP contribution in [0.1, 0.15) is 63.7 Å². The first kappa shape index (κ1) is 33.7. The number of aromatic amines is 1. The number of benzene rings is 2. The Hall–Kier alpha value is -3.83. The van der Waals surface area contributed by atoms with Crippen molar-refractivity contribution >= 4 is 28.3 Å². The third-order valence-electron chi connectivity index (χ3n) is 12.2. The van der Waals surface area contributed by atoms with Gasteiger partial charge in [0.2, 0.25) is 0 Å². The number of piperidine rings is 1. The summed E-state index contributed by atoms with van der Waals surface area (Å²) in [7, 11) is 0. The number of aromatic nitrogens is 2. The van der Waals surface area contributed by atoms with E-state index in [1.165, 1.54) is 23.1 Å². The Morgan fingerprint density at radius 1 is 1.02 bits per heavy atom. The summed E-state index contributed by atoms with van der Waals surface area (Å²) in [6.07, 6.45) is 3.79. The second-order valence-corrected chi connectivity index (χ2v) is 15.5. The van der Waals surface area contributed by atoms with E-state index in [1.807, 2.05) is 12.1 Å². The lowest BCUT2D eigenvalue weighted by Gasteiger charge is -2.61. The molecule has 0 spiro atoms. The van der Waals surface area contributed by atoms with Crippen LogP contribution in [0.15, 0.2) is 57.0 Å². The predicted molar refractivity (Wildman–Crippen MR) is 192 cm³/mol. The van der Waals surface area contributed by atoms with Gasteiger partial charge in [-0.25, -0.2) is 14.2 Å². The van der Waals surface area contributed by atoms with Crippen molar-refractivity contribution in [2.75, 3.05) is 44.6 Å². The Kier molecular flexibility index (Phi) is 9.25. The number of H-pyrrole nitrogens is 1. The van der Waals surface area contributed by atoms with Crippen molar-refractivity contribution in [1.29, 1.82) is 0 Å². The summed E-state index contributed by atoms with van der Waals surface area (Å²) in [6.45, 7) is 14.1. The van der Waals surface area contributed by atoms with Crippen LogP contribution in [0, 0.1) is 34.9 Å². The predicted octanol–water partition coefficient (Wildman–Crippen LogP) is 4.56. The summed E-state index contributed by atoms with van der Waals surface area (Å²) >= 11 is 0. The molecule has 2 aliphatic heterocycles. The molecule has 3 heterocycles. The Balaban J connectivity index is 1.03. The van der Waals surface area contributed by atoms with Gasteiger partial charge in [-0.15, -0.1) is 0 Å². The number of nitrogens with one attached hydrogen (secondary N) is 3. The molecule has 11 heteroatoms. The van der Waals surface area contributed by atoms with E-state index in [0.29, 0.717) is 78.2 Å². The number of hydrogen-bond donors (Lipinski definition) is 3. The second-order valence-electron chi connectivity index (χ2n) is 15.5. The van der Waals surface area contributed by atoms with Gasteiger partial charge < -0.3 is 25.4 Å². The number of carbonyl (C=O) groups is 1. The van der Waals surface area contributed by atoms with Crippen LogP contribution in [0.4, 0.5) is 10.1 Å². The monoisotopic (exact) mass is 671 g/mol. The highest BCUT2D eigenvalue weighted by molar-refractivity contribution is 5.98. The summed E-state index contributed by atoms with van der Waals surface area (Å²) in [5.41, 5.74) is 1.47. The lowest BCUT2D eigenvalue weighted by molar-refractivity contribution is -0.108. The molecular weight excluding hydrogens is 621 g/mol. The minimum Gasteiger partial charge on any atom is -0.340 e. The number of halogens is 1. The van der Waals surface area contributed by atoms with Crippen molar-refractivity contribution in [2.45, 2.75) is 72.0 Å². The third-order valence-corrected chi connectivity index (χ3v) is 12.2. The van der Waals surface area contributed by atoms with Crippen molar-refractivity contribution in [3.63, 3.8) is 0 Å². The van der Waals surface area contributed by atoms with Crippen LogP contribution in [-0.4, -0.2) is 82.4 Å². The standard InChI is InChI=1S/C38H50FN7O3/c1-23-22-45(16-13-40-23)36(42-32-20-27-19-31(24(32)2)38(27,3)4)41-29-9-10-30-33(21-29)43-37(49)46(35(30)48)18-17-44-14-11-26(12-15-44)34(47)25-5-7-28(39)8-6-25/h5-10,21,23-24,26-27,31-32,40H,11-20,22H2,1-4H3,(H,41,42)(H,43,49)/t23-,24-,27-,31+,32-/m0/s1. The molecule has 1 aromatic heterocycles. The molecule has 0 amide bonds. The fourth-order valence-corrected chi connectivity index (χ4v) is 8.94. The largest absolute Gasteiger partial charge is 0.340 e. The van der Waals surface area contributed by atoms with Gasteiger partial charge in [-0.05, 0) is 111 Å². The molecule has 5 atom stereocenters. The lowest BCUT2D eigenvalue weighted by Crippen LogP contribution is -2.57.